The number of hydrogen-bond acceptors (Lipinski definition) is 2. The van der Waals surface area contributed by atoms with Crippen molar-refractivity contribution in [3.05, 3.63) is 0 Å². The van der Waals surface area contributed by atoms with Crippen molar-refractivity contribution in [3.63, 3.8) is 0 Å². The second-order valence-electron chi connectivity index (χ2n) is 1.93. The first-order valence-corrected chi connectivity index (χ1v) is 3.67. The summed E-state index contributed by atoms with van der Waals surface area (Å²) < 4.78 is 0. The molecule has 0 rings (SSSR count). The normalized spacial score (nSPS) is 12.7. The summed E-state index contributed by atoms with van der Waals surface area (Å²) in [5.74, 6) is -0.296. The van der Waals surface area contributed by atoms with E-state index >= 15 is 0 Å². The molecule has 10 heavy (non-hydrogen) atoms. The second-order valence-corrected chi connectivity index (χ2v) is 2.59. The Morgan fingerprint density at radius 1 is 1.80 bits per heavy atom. The van der Waals surface area contributed by atoms with Gasteiger partial charge >= 0.3 is 0 Å². The van der Waals surface area contributed by atoms with Crippen LogP contribution in [0.4, 0.5) is 0 Å². The highest BCUT2D eigenvalue weighted by atomic mass is 35.5. The molecule has 0 heterocycles. The van der Waals surface area contributed by atoms with Gasteiger partial charge in [0.25, 0.3) is 5.91 Å². The van der Waals surface area contributed by atoms with Crippen LogP contribution >= 0.6 is 11.6 Å². The van der Waals surface area contributed by atoms with E-state index in [1.54, 1.807) is 6.92 Å². The molecule has 0 aromatic rings. The minimum atomic E-state index is -0.531. The van der Waals surface area contributed by atoms with Crippen molar-refractivity contribution in [2.75, 3.05) is 6.61 Å². The molecule has 0 aliphatic heterocycles. The van der Waals surface area contributed by atoms with Gasteiger partial charge in [-0.05, 0) is 13.3 Å². The fourth-order valence-corrected chi connectivity index (χ4v) is 0.350. The van der Waals surface area contributed by atoms with E-state index < -0.39 is 5.38 Å². The van der Waals surface area contributed by atoms with Crippen molar-refractivity contribution in [2.45, 2.75) is 25.6 Å². The first-order valence-electron chi connectivity index (χ1n) is 3.24. The smallest absolute Gasteiger partial charge is 0.261 e. The fourth-order valence-electron chi connectivity index (χ4n) is 0.305. The van der Waals surface area contributed by atoms with E-state index in [1.807, 2.05) is 6.92 Å². The Hall–Kier alpha value is -0.280. The van der Waals surface area contributed by atoms with Gasteiger partial charge in [-0.2, -0.15) is 0 Å². The van der Waals surface area contributed by atoms with Crippen LogP contribution in [-0.2, 0) is 9.63 Å². The maximum atomic E-state index is 10.6. The summed E-state index contributed by atoms with van der Waals surface area (Å²) >= 11 is 5.42. The minimum Gasteiger partial charge on any atom is -0.274 e. The van der Waals surface area contributed by atoms with Gasteiger partial charge in [0, 0.05) is 0 Å². The Morgan fingerprint density at radius 3 is 2.80 bits per heavy atom. The lowest BCUT2D eigenvalue weighted by molar-refractivity contribution is -0.132. The zero-order valence-corrected chi connectivity index (χ0v) is 6.94. The highest BCUT2D eigenvalue weighted by Gasteiger charge is 2.06. The van der Waals surface area contributed by atoms with Crippen LogP contribution < -0.4 is 5.48 Å². The first kappa shape index (κ1) is 9.72. The largest absolute Gasteiger partial charge is 0.274 e. The Labute approximate surface area is 65.6 Å². The minimum absolute atomic E-state index is 0.296. The standard InChI is InChI=1S/C6H12ClNO2/c1-3-4-10-8-6(9)5(2)7/h5H,3-4H2,1-2H3,(H,8,9). The summed E-state index contributed by atoms with van der Waals surface area (Å²) in [5.41, 5.74) is 2.21. The lowest BCUT2D eigenvalue weighted by Crippen LogP contribution is -2.29. The van der Waals surface area contributed by atoms with Crippen LogP contribution in [0.15, 0.2) is 0 Å². The van der Waals surface area contributed by atoms with E-state index in [1.165, 1.54) is 0 Å². The summed E-state index contributed by atoms with van der Waals surface area (Å²) in [6.07, 6.45) is 0.872. The molecule has 1 N–H and O–H groups in total. The van der Waals surface area contributed by atoms with Gasteiger partial charge in [0.15, 0.2) is 0 Å². The van der Waals surface area contributed by atoms with Gasteiger partial charge in [-0.3, -0.25) is 9.63 Å². The van der Waals surface area contributed by atoms with E-state index in [0.29, 0.717) is 6.61 Å². The van der Waals surface area contributed by atoms with Gasteiger partial charge in [-0.25, -0.2) is 5.48 Å². The van der Waals surface area contributed by atoms with Gasteiger partial charge in [-0.15, -0.1) is 11.6 Å². The van der Waals surface area contributed by atoms with Crippen LogP contribution in [0, 0.1) is 0 Å². The second kappa shape index (κ2) is 5.50. The third-order valence-corrected chi connectivity index (χ3v) is 1.04. The maximum absolute atomic E-state index is 10.6. The molecule has 0 bridgehead atoms. The molecule has 0 saturated carbocycles. The Kier molecular flexibility index (Phi) is 5.35. The lowest BCUT2D eigenvalue weighted by atomic mass is 10.5. The van der Waals surface area contributed by atoms with Gasteiger partial charge in [-0.1, -0.05) is 6.92 Å². The van der Waals surface area contributed by atoms with Crippen molar-refractivity contribution in [2.24, 2.45) is 0 Å². The van der Waals surface area contributed by atoms with E-state index in [4.69, 9.17) is 16.4 Å². The van der Waals surface area contributed by atoms with Crippen molar-refractivity contribution >= 4 is 17.5 Å². The van der Waals surface area contributed by atoms with Gasteiger partial charge in [0.1, 0.15) is 5.38 Å². The van der Waals surface area contributed by atoms with Crippen LogP contribution in [0.2, 0.25) is 0 Å². The SMILES string of the molecule is CCCONC(=O)C(C)Cl. The third kappa shape index (κ3) is 4.58. The van der Waals surface area contributed by atoms with E-state index in [2.05, 4.69) is 5.48 Å². The first-order chi connectivity index (χ1) is 4.68. The van der Waals surface area contributed by atoms with Crippen LogP contribution in [-0.4, -0.2) is 17.9 Å². The molecular weight excluding hydrogens is 154 g/mol. The number of carbonyl (C=O) groups excluding carboxylic acids is 1. The number of hydrogen-bond donors (Lipinski definition) is 1. The number of hydroxylamine groups is 1. The van der Waals surface area contributed by atoms with E-state index in [9.17, 15) is 4.79 Å². The maximum Gasteiger partial charge on any atom is 0.261 e. The van der Waals surface area contributed by atoms with Crippen molar-refractivity contribution in [3.8, 4) is 0 Å². The molecule has 1 unspecified atom stereocenters. The van der Waals surface area contributed by atoms with E-state index in [-0.39, 0.29) is 5.91 Å². The average Bonchev–Trinajstić information content (AvgIpc) is 1.88. The molecule has 4 heteroatoms. The molecule has 0 aromatic heterocycles. The summed E-state index contributed by atoms with van der Waals surface area (Å²) in [4.78, 5) is 15.4. The van der Waals surface area contributed by atoms with Crippen LogP contribution in [0.1, 0.15) is 20.3 Å². The zero-order chi connectivity index (χ0) is 7.98. The predicted molar refractivity (Wildman–Crippen MR) is 39.7 cm³/mol. The highest BCUT2D eigenvalue weighted by molar-refractivity contribution is 6.30. The molecule has 1 amide bonds. The molecule has 0 aromatic carbocycles. The van der Waals surface area contributed by atoms with Crippen LogP contribution in [0.3, 0.4) is 0 Å². The molecule has 3 nitrogen and oxygen atoms in total. The zero-order valence-electron chi connectivity index (χ0n) is 6.19. The van der Waals surface area contributed by atoms with Crippen LogP contribution in [0.5, 0.6) is 0 Å². The van der Waals surface area contributed by atoms with Gasteiger partial charge in [0.2, 0.25) is 0 Å². The summed E-state index contributed by atoms with van der Waals surface area (Å²) in [6.45, 7) is 4.07. The monoisotopic (exact) mass is 165 g/mol. The molecular formula is C6H12ClNO2. The molecule has 0 aliphatic carbocycles. The fraction of sp³-hybridized carbons (Fsp3) is 0.833. The molecule has 0 aliphatic rings. The number of nitrogens with one attached hydrogen (secondary N) is 1. The van der Waals surface area contributed by atoms with Gasteiger partial charge in [0.05, 0.1) is 6.61 Å². The number of halogens is 1. The van der Waals surface area contributed by atoms with Crippen molar-refractivity contribution < 1.29 is 9.63 Å². The van der Waals surface area contributed by atoms with Crippen molar-refractivity contribution in [1.82, 2.24) is 5.48 Å². The highest BCUT2D eigenvalue weighted by Crippen LogP contribution is 1.91. The van der Waals surface area contributed by atoms with Crippen LogP contribution in [0.25, 0.3) is 0 Å². The average molecular weight is 166 g/mol. The molecule has 1 atom stereocenters. The summed E-state index contributed by atoms with van der Waals surface area (Å²) in [5, 5.41) is -0.531. The number of alkyl halides is 1. The summed E-state index contributed by atoms with van der Waals surface area (Å²) in [6, 6.07) is 0. The van der Waals surface area contributed by atoms with Gasteiger partial charge < -0.3 is 0 Å². The predicted octanol–water partition coefficient (Wildman–Crippen LogP) is 1.07. The molecule has 0 saturated heterocycles. The number of rotatable bonds is 4. The molecule has 0 fully saturated rings. The third-order valence-electron chi connectivity index (χ3n) is 0.840. The number of amides is 1. The Bertz CT molecular complexity index is 106. The Balaban J connectivity index is 3.22. The summed E-state index contributed by atoms with van der Waals surface area (Å²) in [7, 11) is 0. The van der Waals surface area contributed by atoms with Crippen molar-refractivity contribution in [1.29, 1.82) is 0 Å². The molecule has 60 valence electrons. The molecule has 0 radical (unpaired) electrons. The molecule has 0 spiro atoms. The lowest BCUT2D eigenvalue weighted by Gasteiger charge is -2.04. The Morgan fingerprint density at radius 2 is 2.40 bits per heavy atom. The number of carbonyl (C=O) groups is 1. The quantitative estimate of drug-likeness (QED) is 0.385. The van der Waals surface area contributed by atoms with E-state index in [0.717, 1.165) is 6.42 Å². The topological polar surface area (TPSA) is 38.3 Å².